The Morgan fingerprint density at radius 3 is 3.09 bits per heavy atom. The van der Waals surface area contributed by atoms with Crippen LogP contribution in [0.5, 0.6) is 5.75 Å². The molecule has 0 N–H and O–H groups in total. The highest BCUT2D eigenvalue weighted by Gasteiger charge is 2.42. The molecule has 3 heterocycles. The zero-order chi connectivity index (χ0) is 16.0. The largest absolute Gasteiger partial charge is 0.486 e. The average molecular weight is 333 g/mol. The van der Waals surface area contributed by atoms with Gasteiger partial charge in [-0.05, 0) is 12.1 Å². The van der Waals surface area contributed by atoms with Gasteiger partial charge in [-0.25, -0.2) is 9.37 Å². The number of rotatable bonds is 2. The van der Waals surface area contributed by atoms with Crippen LogP contribution in [-0.4, -0.2) is 53.0 Å². The van der Waals surface area contributed by atoms with Gasteiger partial charge in [0.15, 0.2) is 0 Å². The van der Waals surface area contributed by atoms with Crippen molar-refractivity contribution in [3.8, 4) is 5.75 Å². The highest BCUT2D eigenvalue weighted by Crippen LogP contribution is 2.31. The Kier molecular flexibility index (Phi) is 3.54. The molecule has 1 aromatic heterocycles. The van der Waals surface area contributed by atoms with E-state index in [0.29, 0.717) is 17.9 Å². The lowest BCUT2D eigenvalue weighted by molar-refractivity contribution is 0.0682. The van der Waals surface area contributed by atoms with Gasteiger partial charge in [-0.15, -0.1) is 11.3 Å². The second-order valence-electron chi connectivity index (χ2n) is 5.90. The summed E-state index contributed by atoms with van der Waals surface area (Å²) in [5.74, 6) is -0.177. The summed E-state index contributed by atoms with van der Waals surface area (Å²) in [4.78, 5) is 20.9. The number of thiazole rings is 1. The minimum absolute atomic E-state index is 0.0436. The van der Waals surface area contributed by atoms with Gasteiger partial charge in [0.25, 0.3) is 5.91 Å². The van der Waals surface area contributed by atoms with E-state index in [1.165, 1.54) is 18.2 Å². The van der Waals surface area contributed by atoms with Crippen LogP contribution in [0.2, 0.25) is 0 Å². The zero-order valence-corrected chi connectivity index (χ0v) is 13.4. The molecular formula is C16H16FN3O2S. The lowest BCUT2D eigenvalue weighted by Gasteiger charge is -2.25. The summed E-state index contributed by atoms with van der Waals surface area (Å²) in [7, 11) is 1.79. The number of nitrogens with zero attached hydrogens (tertiary/aromatic N) is 3. The van der Waals surface area contributed by atoms with E-state index in [1.807, 2.05) is 5.38 Å². The number of carbonyl (C=O) groups excluding carboxylic acids is 1. The molecule has 5 nitrogen and oxygen atoms in total. The van der Waals surface area contributed by atoms with Gasteiger partial charge in [0.2, 0.25) is 0 Å². The van der Waals surface area contributed by atoms with Gasteiger partial charge in [-0.1, -0.05) is 0 Å². The fraction of sp³-hybridized carbons (Fsp3) is 0.375. The second kappa shape index (κ2) is 5.58. The fourth-order valence-electron chi connectivity index (χ4n) is 3.25. The first-order chi connectivity index (χ1) is 11.1. The molecule has 0 spiro atoms. The molecule has 1 amide bonds. The van der Waals surface area contributed by atoms with E-state index in [1.54, 1.807) is 29.5 Å². The van der Waals surface area contributed by atoms with Crippen LogP contribution in [0, 0.1) is 5.82 Å². The third-order valence-electron chi connectivity index (χ3n) is 4.43. The van der Waals surface area contributed by atoms with Gasteiger partial charge >= 0.3 is 0 Å². The number of likely N-dealkylation sites (N-methyl/N-ethyl adjacent to an activating group) is 1. The summed E-state index contributed by atoms with van der Waals surface area (Å²) in [5, 5.41) is 3.00. The van der Waals surface area contributed by atoms with Crippen LogP contribution in [0.1, 0.15) is 15.4 Å². The van der Waals surface area contributed by atoms with E-state index in [2.05, 4.69) is 9.88 Å². The maximum atomic E-state index is 13.5. The molecule has 23 heavy (non-hydrogen) atoms. The molecule has 0 saturated carbocycles. The van der Waals surface area contributed by atoms with Gasteiger partial charge in [0.05, 0.1) is 18.2 Å². The molecule has 7 heteroatoms. The summed E-state index contributed by atoms with van der Waals surface area (Å²) < 4.78 is 19.5. The number of hydrogen-bond donors (Lipinski definition) is 0. The number of aromatic nitrogens is 1. The molecule has 4 rings (SSSR count). The van der Waals surface area contributed by atoms with Crippen molar-refractivity contribution in [1.29, 1.82) is 0 Å². The highest BCUT2D eigenvalue weighted by atomic mass is 32.1. The Bertz CT molecular complexity index is 737. The minimum atomic E-state index is -0.393. The number of likely N-dealkylation sites (tertiary alicyclic amines) is 1. The fourth-order valence-corrected chi connectivity index (χ4v) is 3.90. The molecule has 2 aromatic rings. The standard InChI is InChI=1S/C16H16FN3O2S/c1-19-12-7-20(9-15-18-4-5-23-15)8-14(12)22-13-6-10(17)2-3-11(13)16(19)21/h2-6,12,14H,7-9H2,1H3/t12-,14+/m1/s1. The summed E-state index contributed by atoms with van der Waals surface area (Å²) in [6.07, 6.45) is 1.63. The number of hydrogen-bond acceptors (Lipinski definition) is 5. The molecule has 0 radical (unpaired) electrons. The van der Waals surface area contributed by atoms with Crippen LogP contribution in [0.25, 0.3) is 0 Å². The van der Waals surface area contributed by atoms with Crippen molar-refractivity contribution < 1.29 is 13.9 Å². The second-order valence-corrected chi connectivity index (χ2v) is 6.88. The first kappa shape index (κ1) is 14.6. The SMILES string of the molecule is CN1C(=O)c2ccc(F)cc2O[C@H]2CN(Cc3nccs3)C[C@H]21. The van der Waals surface area contributed by atoms with E-state index >= 15 is 0 Å². The van der Waals surface area contributed by atoms with Gasteiger partial charge in [0.1, 0.15) is 22.7 Å². The van der Waals surface area contributed by atoms with E-state index in [-0.39, 0.29) is 18.1 Å². The van der Waals surface area contributed by atoms with E-state index in [0.717, 1.165) is 18.1 Å². The molecule has 1 aromatic carbocycles. The Balaban J connectivity index is 1.60. The monoisotopic (exact) mass is 333 g/mol. The zero-order valence-electron chi connectivity index (χ0n) is 12.6. The lowest BCUT2D eigenvalue weighted by Crippen LogP contribution is -2.44. The number of benzene rings is 1. The lowest BCUT2D eigenvalue weighted by atomic mass is 10.1. The number of fused-ring (bicyclic) bond motifs is 2. The third-order valence-corrected chi connectivity index (χ3v) is 5.19. The van der Waals surface area contributed by atoms with Crippen molar-refractivity contribution in [1.82, 2.24) is 14.8 Å². The van der Waals surface area contributed by atoms with Gasteiger partial charge in [0, 0.05) is 37.8 Å². The van der Waals surface area contributed by atoms with Crippen molar-refractivity contribution in [3.05, 3.63) is 46.2 Å². The molecule has 1 saturated heterocycles. The van der Waals surface area contributed by atoms with E-state index in [9.17, 15) is 9.18 Å². The predicted octanol–water partition coefficient (Wildman–Crippen LogP) is 2.00. The summed E-state index contributed by atoms with van der Waals surface area (Å²) in [6.45, 7) is 2.16. The molecule has 1 fully saturated rings. The highest BCUT2D eigenvalue weighted by molar-refractivity contribution is 7.09. The van der Waals surface area contributed by atoms with Gasteiger partial charge in [-0.2, -0.15) is 0 Å². The topological polar surface area (TPSA) is 45.7 Å². The average Bonchev–Trinajstić information content (AvgIpc) is 3.15. The van der Waals surface area contributed by atoms with Gasteiger partial charge in [-0.3, -0.25) is 9.69 Å². The number of amides is 1. The summed E-state index contributed by atoms with van der Waals surface area (Å²) in [6, 6.07) is 4.05. The van der Waals surface area contributed by atoms with Crippen molar-refractivity contribution in [3.63, 3.8) is 0 Å². The normalized spacial score (nSPS) is 24.1. The van der Waals surface area contributed by atoms with Crippen LogP contribution in [0.4, 0.5) is 4.39 Å². The Hall–Kier alpha value is -1.99. The smallest absolute Gasteiger partial charge is 0.257 e. The van der Waals surface area contributed by atoms with E-state index in [4.69, 9.17) is 4.74 Å². The maximum Gasteiger partial charge on any atom is 0.257 e. The van der Waals surface area contributed by atoms with E-state index < -0.39 is 5.82 Å². The molecular weight excluding hydrogens is 317 g/mol. The van der Waals surface area contributed by atoms with Crippen molar-refractivity contribution in [2.75, 3.05) is 20.1 Å². The quantitative estimate of drug-likeness (QED) is 0.843. The first-order valence-electron chi connectivity index (χ1n) is 7.46. The number of carbonyl (C=O) groups is 1. The third kappa shape index (κ3) is 2.60. The molecule has 0 bridgehead atoms. The Morgan fingerprint density at radius 1 is 1.43 bits per heavy atom. The summed E-state index contributed by atoms with van der Waals surface area (Å²) in [5.41, 5.74) is 0.426. The first-order valence-corrected chi connectivity index (χ1v) is 8.34. The Morgan fingerprint density at radius 2 is 2.30 bits per heavy atom. The predicted molar refractivity (Wildman–Crippen MR) is 84.1 cm³/mol. The van der Waals surface area contributed by atoms with Crippen LogP contribution in [0.3, 0.4) is 0 Å². The van der Waals surface area contributed by atoms with Crippen molar-refractivity contribution >= 4 is 17.2 Å². The molecule has 0 aliphatic carbocycles. The minimum Gasteiger partial charge on any atom is -0.486 e. The van der Waals surface area contributed by atoms with Crippen LogP contribution >= 0.6 is 11.3 Å². The van der Waals surface area contributed by atoms with Crippen molar-refractivity contribution in [2.45, 2.75) is 18.7 Å². The maximum absolute atomic E-state index is 13.5. The Labute approximate surface area is 137 Å². The van der Waals surface area contributed by atoms with Crippen LogP contribution in [0.15, 0.2) is 29.8 Å². The van der Waals surface area contributed by atoms with Crippen molar-refractivity contribution in [2.24, 2.45) is 0 Å². The number of halogens is 1. The van der Waals surface area contributed by atoms with Gasteiger partial charge < -0.3 is 9.64 Å². The van der Waals surface area contributed by atoms with Crippen LogP contribution in [-0.2, 0) is 6.54 Å². The van der Waals surface area contributed by atoms with Crippen LogP contribution < -0.4 is 4.74 Å². The molecule has 0 unspecified atom stereocenters. The molecule has 120 valence electrons. The molecule has 2 aliphatic heterocycles. The summed E-state index contributed by atoms with van der Waals surface area (Å²) >= 11 is 1.62. The molecule has 2 aliphatic rings. The number of ether oxygens (including phenoxy) is 1. The molecule has 2 atom stereocenters.